The zero-order valence-corrected chi connectivity index (χ0v) is 11.0. The molecule has 0 amide bonds. The highest BCUT2D eigenvalue weighted by atomic mass is 14.8. The van der Waals surface area contributed by atoms with Crippen LogP contribution in [0.3, 0.4) is 0 Å². The Morgan fingerprint density at radius 3 is 2.12 bits per heavy atom. The van der Waals surface area contributed by atoms with Gasteiger partial charge in [-0.05, 0) is 50.4 Å². The van der Waals surface area contributed by atoms with E-state index in [0.717, 1.165) is 11.8 Å². The van der Waals surface area contributed by atoms with Crippen molar-refractivity contribution in [3.8, 4) is 0 Å². The average Bonchev–Trinajstić information content (AvgIpc) is 2.31. The first kappa shape index (κ1) is 12.1. The molecule has 0 aromatic heterocycles. The van der Waals surface area contributed by atoms with Gasteiger partial charge in [-0.25, -0.2) is 0 Å². The Kier molecular flexibility index (Phi) is 4.43. The summed E-state index contributed by atoms with van der Waals surface area (Å²) in [6.45, 7) is 4.74. The van der Waals surface area contributed by atoms with Crippen LogP contribution < -0.4 is 0 Å². The first-order valence-corrected chi connectivity index (χ1v) is 7.31. The normalized spacial score (nSPS) is 28.4. The second-order valence-corrected chi connectivity index (χ2v) is 6.07. The number of aliphatic imine (C=N–C) groups is 1. The van der Waals surface area contributed by atoms with Gasteiger partial charge >= 0.3 is 0 Å². The SMILES string of the molecule is CC(C)C1CCC(=NC2CCCCC2)CC1. The van der Waals surface area contributed by atoms with Crippen LogP contribution in [0.5, 0.6) is 0 Å². The lowest BCUT2D eigenvalue weighted by Crippen LogP contribution is -2.20. The predicted octanol–water partition coefficient (Wildman–Crippen LogP) is 4.61. The molecule has 92 valence electrons. The Hall–Kier alpha value is -0.330. The third-order valence-corrected chi connectivity index (χ3v) is 4.49. The molecule has 0 atom stereocenters. The number of rotatable bonds is 2. The molecule has 0 spiro atoms. The molecule has 0 aliphatic heterocycles. The van der Waals surface area contributed by atoms with Crippen LogP contribution in [-0.4, -0.2) is 11.8 Å². The van der Waals surface area contributed by atoms with Crippen LogP contribution in [0.4, 0.5) is 0 Å². The maximum absolute atomic E-state index is 5.01. The van der Waals surface area contributed by atoms with Gasteiger partial charge in [-0.2, -0.15) is 0 Å². The van der Waals surface area contributed by atoms with Crippen molar-refractivity contribution >= 4 is 5.71 Å². The molecule has 0 heterocycles. The van der Waals surface area contributed by atoms with Crippen molar-refractivity contribution in [1.29, 1.82) is 0 Å². The Bertz CT molecular complexity index is 226. The van der Waals surface area contributed by atoms with Crippen molar-refractivity contribution in [3.05, 3.63) is 0 Å². The molecule has 0 unspecified atom stereocenters. The smallest absolute Gasteiger partial charge is 0.0499 e. The first-order chi connectivity index (χ1) is 7.75. The van der Waals surface area contributed by atoms with Crippen LogP contribution >= 0.6 is 0 Å². The quantitative estimate of drug-likeness (QED) is 0.646. The van der Waals surface area contributed by atoms with E-state index in [0.29, 0.717) is 6.04 Å². The van der Waals surface area contributed by atoms with E-state index in [1.165, 1.54) is 57.8 Å². The summed E-state index contributed by atoms with van der Waals surface area (Å²) in [7, 11) is 0. The predicted molar refractivity (Wildman–Crippen MR) is 71.1 cm³/mol. The van der Waals surface area contributed by atoms with Crippen LogP contribution in [0.2, 0.25) is 0 Å². The van der Waals surface area contributed by atoms with E-state index < -0.39 is 0 Å². The molecule has 0 saturated heterocycles. The minimum absolute atomic E-state index is 0.694. The van der Waals surface area contributed by atoms with Crippen molar-refractivity contribution in [3.63, 3.8) is 0 Å². The van der Waals surface area contributed by atoms with E-state index in [1.807, 2.05) is 0 Å². The second-order valence-electron chi connectivity index (χ2n) is 6.07. The van der Waals surface area contributed by atoms with Gasteiger partial charge < -0.3 is 0 Å². The topological polar surface area (TPSA) is 12.4 Å². The van der Waals surface area contributed by atoms with Crippen molar-refractivity contribution in [1.82, 2.24) is 0 Å². The van der Waals surface area contributed by atoms with Gasteiger partial charge in [0.05, 0.1) is 0 Å². The number of hydrogen-bond donors (Lipinski definition) is 0. The van der Waals surface area contributed by atoms with Gasteiger partial charge in [0, 0.05) is 11.8 Å². The molecule has 0 aromatic rings. The van der Waals surface area contributed by atoms with Gasteiger partial charge in [-0.3, -0.25) is 4.99 Å². The monoisotopic (exact) mass is 221 g/mol. The molecule has 2 saturated carbocycles. The molecule has 1 heteroatoms. The van der Waals surface area contributed by atoms with Gasteiger partial charge in [0.15, 0.2) is 0 Å². The third-order valence-electron chi connectivity index (χ3n) is 4.49. The largest absolute Gasteiger partial charge is 0.291 e. The fourth-order valence-electron chi connectivity index (χ4n) is 3.24. The molecule has 0 aromatic carbocycles. The average molecular weight is 221 g/mol. The summed E-state index contributed by atoms with van der Waals surface area (Å²) in [6.07, 6.45) is 12.3. The van der Waals surface area contributed by atoms with Gasteiger partial charge in [0.2, 0.25) is 0 Å². The van der Waals surface area contributed by atoms with Gasteiger partial charge in [-0.1, -0.05) is 33.1 Å². The molecular weight excluding hydrogens is 194 g/mol. The lowest BCUT2D eigenvalue weighted by molar-refractivity contribution is 0.329. The van der Waals surface area contributed by atoms with Gasteiger partial charge in [0.25, 0.3) is 0 Å². The summed E-state index contributed by atoms with van der Waals surface area (Å²) in [4.78, 5) is 5.01. The third kappa shape index (κ3) is 3.33. The fraction of sp³-hybridized carbons (Fsp3) is 0.933. The summed E-state index contributed by atoms with van der Waals surface area (Å²) in [5.74, 6) is 1.83. The van der Waals surface area contributed by atoms with Crippen molar-refractivity contribution in [2.75, 3.05) is 0 Å². The summed E-state index contributed by atoms with van der Waals surface area (Å²) in [5, 5.41) is 0. The van der Waals surface area contributed by atoms with Gasteiger partial charge in [0.1, 0.15) is 0 Å². The highest BCUT2D eigenvalue weighted by Crippen LogP contribution is 2.29. The Morgan fingerprint density at radius 2 is 1.56 bits per heavy atom. The van der Waals surface area contributed by atoms with Crippen molar-refractivity contribution in [2.24, 2.45) is 16.8 Å². The van der Waals surface area contributed by atoms with Gasteiger partial charge in [-0.15, -0.1) is 0 Å². The Labute approximate surface area is 101 Å². The van der Waals surface area contributed by atoms with Crippen LogP contribution in [0.15, 0.2) is 4.99 Å². The lowest BCUT2D eigenvalue weighted by Gasteiger charge is -2.27. The fourth-order valence-corrected chi connectivity index (χ4v) is 3.24. The summed E-state index contributed by atoms with van der Waals surface area (Å²) >= 11 is 0. The molecule has 2 aliphatic rings. The maximum atomic E-state index is 5.01. The van der Waals surface area contributed by atoms with Crippen LogP contribution in [0.1, 0.15) is 71.6 Å². The number of hydrogen-bond acceptors (Lipinski definition) is 1. The molecule has 16 heavy (non-hydrogen) atoms. The first-order valence-electron chi connectivity index (χ1n) is 7.31. The minimum Gasteiger partial charge on any atom is -0.291 e. The summed E-state index contributed by atoms with van der Waals surface area (Å²) < 4.78 is 0. The van der Waals surface area contributed by atoms with Crippen molar-refractivity contribution < 1.29 is 0 Å². The molecule has 2 rings (SSSR count). The molecule has 0 radical (unpaired) electrons. The lowest BCUT2D eigenvalue weighted by atomic mass is 9.81. The van der Waals surface area contributed by atoms with Crippen LogP contribution in [-0.2, 0) is 0 Å². The van der Waals surface area contributed by atoms with E-state index in [1.54, 1.807) is 5.71 Å². The maximum Gasteiger partial charge on any atom is 0.0499 e. The standard InChI is InChI=1S/C15H27N/c1-12(2)13-8-10-15(11-9-13)16-14-6-4-3-5-7-14/h12-14H,3-11H2,1-2H3. The zero-order valence-electron chi connectivity index (χ0n) is 11.0. The summed E-state index contributed by atoms with van der Waals surface area (Å²) in [5.41, 5.74) is 1.55. The Morgan fingerprint density at radius 1 is 0.938 bits per heavy atom. The van der Waals surface area contributed by atoms with Crippen LogP contribution in [0.25, 0.3) is 0 Å². The molecule has 0 N–H and O–H groups in total. The molecule has 2 fully saturated rings. The van der Waals surface area contributed by atoms with Crippen LogP contribution in [0, 0.1) is 11.8 Å². The zero-order chi connectivity index (χ0) is 11.4. The summed E-state index contributed by atoms with van der Waals surface area (Å²) in [6, 6.07) is 0.694. The number of nitrogens with zero attached hydrogens (tertiary/aromatic N) is 1. The van der Waals surface area contributed by atoms with E-state index in [2.05, 4.69) is 13.8 Å². The highest BCUT2D eigenvalue weighted by Gasteiger charge is 2.21. The van der Waals surface area contributed by atoms with E-state index in [-0.39, 0.29) is 0 Å². The van der Waals surface area contributed by atoms with Crippen molar-refractivity contribution in [2.45, 2.75) is 77.7 Å². The molecule has 2 aliphatic carbocycles. The second kappa shape index (κ2) is 5.84. The molecular formula is C15H27N. The van der Waals surface area contributed by atoms with E-state index in [9.17, 15) is 0 Å². The highest BCUT2D eigenvalue weighted by molar-refractivity contribution is 5.85. The Balaban J connectivity index is 1.81. The van der Waals surface area contributed by atoms with E-state index >= 15 is 0 Å². The molecule has 1 nitrogen and oxygen atoms in total. The molecule has 0 bridgehead atoms. The van der Waals surface area contributed by atoms with E-state index in [4.69, 9.17) is 4.99 Å². The minimum atomic E-state index is 0.694.